The van der Waals surface area contributed by atoms with Crippen molar-refractivity contribution in [3.8, 4) is 0 Å². The van der Waals surface area contributed by atoms with E-state index < -0.39 is 0 Å². The Morgan fingerprint density at radius 2 is 2.50 bits per heavy atom. The first-order valence-corrected chi connectivity index (χ1v) is 2.63. The molecule has 0 aromatic heterocycles. The van der Waals surface area contributed by atoms with Crippen LogP contribution in [-0.2, 0) is 4.74 Å². The molecule has 0 saturated heterocycles. The molecule has 0 aliphatic carbocycles. The highest BCUT2D eigenvalue weighted by molar-refractivity contribution is 5.47. The Balaban J connectivity index is 2.50. The van der Waals surface area contributed by atoms with E-state index in [2.05, 4.69) is 10.5 Å². The SMILES string of the molecule is CC1(C)CNN=CO1. The minimum absolute atomic E-state index is 0.0816. The second kappa shape index (κ2) is 1.65. The van der Waals surface area contributed by atoms with Crippen molar-refractivity contribution in [1.29, 1.82) is 0 Å². The lowest BCUT2D eigenvalue weighted by molar-refractivity contribution is 0.0890. The van der Waals surface area contributed by atoms with Gasteiger partial charge < -0.3 is 10.2 Å². The third-order valence-electron chi connectivity index (χ3n) is 1.02. The van der Waals surface area contributed by atoms with Crippen LogP contribution in [0.4, 0.5) is 0 Å². The molecule has 46 valence electrons. The zero-order chi connectivity index (χ0) is 6.04. The van der Waals surface area contributed by atoms with Crippen molar-refractivity contribution in [1.82, 2.24) is 5.43 Å². The summed E-state index contributed by atoms with van der Waals surface area (Å²) in [5.41, 5.74) is 2.74. The summed E-state index contributed by atoms with van der Waals surface area (Å²) in [4.78, 5) is 0. The molecule has 0 spiro atoms. The Morgan fingerprint density at radius 3 is 2.75 bits per heavy atom. The average molecular weight is 114 g/mol. The largest absolute Gasteiger partial charge is 0.474 e. The highest BCUT2D eigenvalue weighted by atomic mass is 16.5. The molecule has 3 nitrogen and oxygen atoms in total. The predicted molar refractivity (Wildman–Crippen MR) is 31.7 cm³/mol. The number of ether oxygens (including phenoxy) is 1. The number of nitrogens with zero attached hydrogens (tertiary/aromatic N) is 1. The summed E-state index contributed by atoms with van der Waals surface area (Å²) in [5.74, 6) is 0. The smallest absolute Gasteiger partial charge is 0.192 e. The fourth-order valence-corrected chi connectivity index (χ4v) is 0.484. The van der Waals surface area contributed by atoms with Crippen LogP contribution < -0.4 is 5.43 Å². The average Bonchev–Trinajstić information content (AvgIpc) is 1.65. The second-order valence-corrected chi connectivity index (χ2v) is 2.45. The standard InChI is InChI=1S/C5H10N2O/c1-5(2)3-6-7-4-8-5/h4,6H,3H2,1-2H3. The van der Waals surface area contributed by atoms with Crippen molar-refractivity contribution in [2.45, 2.75) is 19.4 Å². The zero-order valence-corrected chi connectivity index (χ0v) is 5.14. The fourth-order valence-electron chi connectivity index (χ4n) is 0.484. The Labute approximate surface area is 48.7 Å². The summed E-state index contributed by atoms with van der Waals surface area (Å²) >= 11 is 0. The lowest BCUT2D eigenvalue weighted by Gasteiger charge is -2.25. The van der Waals surface area contributed by atoms with Crippen molar-refractivity contribution in [3.63, 3.8) is 0 Å². The summed E-state index contributed by atoms with van der Waals surface area (Å²) in [6.07, 6.45) is 1.43. The van der Waals surface area contributed by atoms with E-state index >= 15 is 0 Å². The molecule has 0 amide bonds. The van der Waals surface area contributed by atoms with E-state index in [1.165, 1.54) is 6.40 Å². The van der Waals surface area contributed by atoms with Gasteiger partial charge in [-0.05, 0) is 13.8 Å². The first-order valence-electron chi connectivity index (χ1n) is 2.63. The normalized spacial score (nSPS) is 23.8. The molecule has 0 aromatic rings. The van der Waals surface area contributed by atoms with E-state index in [0.717, 1.165) is 6.54 Å². The van der Waals surface area contributed by atoms with Crippen molar-refractivity contribution in [2.75, 3.05) is 6.54 Å². The van der Waals surface area contributed by atoms with Gasteiger partial charge in [-0.3, -0.25) is 0 Å². The molecule has 0 saturated carbocycles. The van der Waals surface area contributed by atoms with Gasteiger partial charge in [0, 0.05) is 0 Å². The molecular formula is C5H10N2O. The van der Waals surface area contributed by atoms with Gasteiger partial charge in [-0.25, -0.2) is 0 Å². The fraction of sp³-hybridized carbons (Fsp3) is 0.800. The lowest BCUT2D eigenvalue weighted by atomic mass is 10.1. The number of hydrogen-bond donors (Lipinski definition) is 1. The van der Waals surface area contributed by atoms with E-state index in [-0.39, 0.29) is 5.60 Å². The maximum absolute atomic E-state index is 5.11. The third-order valence-corrected chi connectivity index (χ3v) is 1.02. The quantitative estimate of drug-likeness (QED) is 0.492. The maximum atomic E-state index is 5.11. The number of rotatable bonds is 0. The summed E-state index contributed by atoms with van der Waals surface area (Å²) in [6, 6.07) is 0. The van der Waals surface area contributed by atoms with E-state index in [4.69, 9.17) is 4.74 Å². The third kappa shape index (κ3) is 1.12. The molecule has 0 fully saturated rings. The first kappa shape index (κ1) is 5.41. The van der Waals surface area contributed by atoms with Crippen LogP contribution in [0, 0.1) is 0 Å². The maximum Gasteiger partial charge on any atom is 0.192 e. The van der Waals surface area contributed by atoms with Gasteiger partial charge in [0.1, 0.15) is 5.60 Å². The molecule has 1 N–H and O–H groups in total. The molecule has 1 aliphatic heterocycles. The van der Waals surface area contributed by atoms with Crippen LogP contribution in [0.1, 0.15) is 13.8 Å². The van der Waals surface area contributed by atoms with E-state index in [1.807, 2.05) is 13.8 Å². The molecule has 1 heterocycles. The van der Waals surface area contributed by atoms with Gasteiger partial charge in [0.15, 0.2) is 6.40 Å². The van der Waals surface area contributed by atoms with Gasteiger partial charge in [0.25, 0.3) is 0 Å². The van der Waals surface area contributed by atoms with E-state index in [1.54, 1.807) is 0 Å². The molecule has 8 heavy (non-hydrogen) atoms. The number of hydrazone groups is 1. The van der Waals surface area contributed by atoms with Crippen LogP contribution in [0.15, 0.2) is 5.10 Å². The van der Waals surface area contributed by atoms with Gasteiger partial charge in [-0.15, -0.1) is 5.10 Å². The van der Waals surface area contributed by atoms with Gasteiger partial charge in [0.2, 0.25) is 0 Å². The molecule has 0 bridgehead atoms. The summed E-state index contributed by atoms with van der Waals surface area (Å²) < 4.78 is 5.11. The Bertz CT molecular complexity index is 109. The van der Waals surface area contributed by atoms with Gasteiger partial charge in [-0.2, -0.15) is 0 Å². The van der Waals surface area contributed by atoms with E-state index in [9.17, 15) is 0 Å². The summed E-state index contributed by atoms with van der Waals surface area (Å²) in [5, 5.41) is 3.68. The predicted octanol–water partition coefficient (Wildman–Crippen LogP) is 0.328. The number of hydrogen-bond acceptors (Lipinski definition) is 3. The van der Waals surface area contributed by atoms with Crippen LogP contribution in [0.2, 0.25) is 0 Å². The highest BCUT2D eigenvalue weighted by Gasteiger charge is 2.19. The van der Waals surface area contributed by atoms with Crippen molar-refractivity contribution < 1.29 is 4.74 Å². The lowest BCUT2D eigenvalue weighted by Crippen LogP contribution is -2.38. The van der Waals surface area contributed by atoms with Crippen molar-refractivity contribution in [3.05, 3.63) is 0 Å². The van der Waals surface area contributed by atoms with Crippen LogP contribution in [-0.4, -0.2) is 18.5 Å². The molecule has 1 aliphatic rings. The second-order valence-electron chi connectivity index (χ2n) is 2.45. The van der Waals surface area contributed by atoms with Crippen molar-refractivity contribution in [2.24, 2.45) is 5.10 Å². The highest BCUT2D eigenvalue weighted by Crippen LogP contribution is 2.07. The first-order chi connectivity index (χ1) is 3.71. The molecule has 1 rings (SSSR count). The van der Waals surface area contributed by atoms with Crippen LogP contribution in [0.3, 0.4) is 0 Å². The molecule has 0 atom stereocenters. The Morgan fingerprint density at radius 1 is 1.75 bits per heavy atom. The molecule has 0 aromatic carbocycles. The van der Waals surface area contributed by atoms with Gasteiger partial charge in [0.05, 0.1) is 6.54 Å². The van der Waals surface area contributed by atoms with Gasteiger partial charge >= 0.3 is 0 Å². The van der Waals surface area contributed by atoms with Crippen LogP contribution >= 0.6 is 0 Å². The van der Waals surface area contributed by atoms with Crippen LogP contribution in [0.25, 0.3) is 0 Å². The molecule has 0 radical (unpaired) electrons. The zero-order valence-electron chi connectivity index (χ0n) is 5.14. The molecule has 3 heteroatoms. The molecular weight excluding hydrogens is 104 g/mol. The minimum atomic E-state index is -0.0816. The Hall–Kier alpha value is -0.730. The topological polar surface area (TPSA) is 33.6 Å². The van der Waals surface area contributed by atoms with Gasteiger partial charge in [-0.1, -0.05) is 0 Å². The summed E-state index contributed by atoms with van der Waals surface area (Å²) in [6.45, 7) is 4.79. The van der Waals surface area contributed by atoms with Crippen molar-refractivity contribution >= 4 is 6.40 Å². The monoisotopic (exact) mass is 114 g/mol. The number of nitrogens with one attached hydrogen (secondary N) is 1. The molecule has 0 unspecified atom stereocenters. The Kier molecular flexibility index (Phi) is 1.12. The van der Waals surface area contributed by atoms with Crippen LogP contribution in [0.5, 0.6) is 0 Å². The van der Waals surface area contributed by atoms with E-state index in [0.29, 0.717) is 0 Å². The minimum Gasteiger partial charge on any atom is -0.474 e. The summed E-state index contributed by atoms with van der Waals surface area (Å²) in [7, 11) is 0.